The lowest BCUT2D eigenvalue weighted by Crippen LogP contribution is -2.36. The molecule has 0 saturated carbocycles. The van der Waals surface area contributed by atoms with E-state index in [0.717, 1.165) is 22.6 Å². The first-order valence-electron chi connectivity index (χ1n) is 8.55. The highest BCUT2D eigenvalue weighted by Crippen LogP contribution is 2.20. The van der Waals surface area contributed by atoms with Crippen molar-refractivity contribution in [2.75, 3.05) is 18.6 Å². The maximum atomic E-state index is 12.4. The SMILES string of the molecule is Cc1nn(-c2ccccc2)c(C)c1/C=C/C(=O)N(C)C1CCS(=O)(=O)C1. The molecule has 6 nitrogen and oxygen atoms in total. The van der Waals surface area contributed by atoms with E-state index in [0.29, 0.717) is 6.42 Å². The Hall–Kier alpha value is -2.41. The Morgan fingerprint density at radius 2 is 1.96 bits per heavy atom. The van der Waals surface area contributed by atoms with Crippen LogP contribution in [0.2, 0.25) is 0 Å². The van der Waals surface area contributed by atoms with Crippen molar-refractivity contribution in [3.8, 4) is 5.69 Å². The van der Waals surface area contributed by atoms with Crippen molar-refractivity contribution < 1.29 is 13.2 Å². The molecule has 2 heterocycles. The summed E-state index contributed by atoms with van der Waals surface area (Å²) < 4.78 is 25.1. The predicted molar refractivity (Wildman–Crippen MR) is 102 cm³/mol. The van der Waals surface area contributed by atoms with E-state index in [1.54, 1.807) is 13.1 Å². The minimum atomic E-state index is -3.01. The van der Waals surface area contributed by atoms with Gasteiger partial charge in [-0.3, -0.25) is 4.79 Å². The minimum absolute atomic E-state index is 0.0487. The summed E-state index contributed by atoms with van der Waals surface area (Å²) in [5.74, 6) is 0.00656. The third-order valence-corrected chi connectivity index (χ3v) is 6.59. The van der Waals surface area contributed by atoms with Gasteiger partial charge in [0.2, 0.25) is 5.91 Å². The summed E-state index contributed by atoms with van der Waals surface area (Å²) in [5, 5.41) is 4.56. The van der Waals surface area contributed by atoms with Crippen LogP contribution in [0.4, 0.5) is 0 Å². The van der Waals surface area contributed by atoms with Gasteiger partial charge in [-0.1, -0.05) is 18.2 Å². The number of rotatable bonds is 4. The van der Waals surface area contributed by atoms with Gasteiger partial charge in [-0.25, -0.2) is 13.1 Å². The average Bonchev–Trinajstić information content (AvgIpc) is 3.12. The second-order valence-corrected chi connectivity index (χ2v) is 8.90. The van der Waals surface area contributed by atoms with Crippen LogP contribution in [0.1, 0.15) is 23.4 Å². The maximum absolute atomic E-state index is 12.4. The van der Waals surface area contributed by atoms with Gasteiger partial charge in [-0.15, -0.1) is 0 Å². The quantitative estimate of drug-likeness (QED) is 0.770. The van der Waals surface area contributed by atoms with Crippen LogP contribution >= 0.6 is 0 Å². The Labute approximate surface area is 154 Å². The number of hydrogen-bond acceptors (Lipinski definition) is 4. The lowest BCUT2D eigenvalue weighted by Gasteiger charge is -2.21. The third-order valence-electron chi connectivity index (χ3n) is 4.84. The standard InChI is InChI=1S/C19H23N3O3S/c1-14-18(15(2)22(20-14)16-7-5-4-6-8-16)9-10-19(23)21(3)17-11-12-26(24,25)13-17/h4-10,17H,11-13H2,1-3H3/b10-9+. The molecule has 1 unspecified atom stereocenters. The van der Waals surface area contributed by atoms with Gasteiger partial charge in [0, 0.05) is 30.4 Å². The van der Waals surface area contributed by atoms with Gasteiger partial charge in [0.05, 0.1) is 22.9 Å². The van der Waals surface area contributed by atoms with Crippen LogP contribution in [-0.2, 0) is 14.6 Å². The van der Waals surface area contributed by atoms with E-state index in [9.17, 15) is 13.2 Å². The molecule has 7 heteroatoms. The number of nitrogens with zero attached hydrogens (tertiary/aromatic N) is 3. The highest BCUT2D eigenvalue weighted by molar-refractivity contribution is 7.91. The summed E-state index contributed by atoms with van der Waals surface area (Å²) >= 11 is 0. The van der Waals surface area contributed by atoms with E-state index >= 15 is 0 Å². The molecular weight excluding hydrogens is 350 g/mol. The summed E-state index contributed by atoms with van der Waals surface area (Å²) in [6.07, 6.45) is 3.76. The fraction of sp³-hybridized carbons (Fsp3) is 0.368. The van der Waals surface area contributed by atoms with Crippen molar-refractivity contribution in [1.82, 2.24) is 14.7 Å². The van der Waals surface area contributed by atoms with Crippen LogP contribution in [0.25, 0.3) is 11.8 Å². The Balaban J connectivity index is 1.78. The monoisotopic (exact) mass is 373 g/mol. The zero-order chi connectivity index (χ0) is 18.9. The zero-order valence-corrected chi connectivity index (χ0v) is 16.0. The highest BCUT2D eigenvalue weighted by atomic mass is 32.2. The molecular formula is C19H23N3O3S. The van der Waals surface area contributed by atoms with E-state index in [1.807, 2.05) is 48.9 Å². The van der Waals surface area contributed by atoms with Crippen molar-refractivity contribution in [2.45, 2.75) is 26.3 Å². The molecule has 0 aliphatic carbocycles. The fourth-order valence-electron chi connectivity index (χ4n) is 3.25. The number of hydrogen-bond donors (Lipinski definition) is 0. The topological polar surface area (TPSA) is 72.3 Å². The van der Waals surface area contributed by atoms with Gasteiger partial charge < -0.3 is 4.90 Å². The molecule has 0 N–H and O–H groups in total. The summed E-state index contributed by atoms with van der Waals surface area (Å²) in [6, 6.07) is 9.57. The van der Waals surface area contributed by atoms with Crippen molar-refractivity contribution in [3.05, 3.63) is 53.4 Å². The van der Waals surface area contributed by atoms with Gasteiger partial charge in [0.1, 0.15) is 0 Å². The van der Waals surface area contributed by atoms with E-state index in [1.165, 1.54) is 11.0 Å². The van der Waals surface area contributed by atoms with Crippen LogP contribution in [0.15, 0.2) is 36.4 Å². The van der Waals surface area contributed by atoms with Crippen LogP contribution < -0.4 is 0 Å². The highest BCUT2D eigenvalue weighted by Gasteiger charge is 2.32. The van der Waals surface area contributed by atoms with Gasteiger partial charge in [-0.2, -0.15) is 5.10 Å². The first kappa shape index (κ1) is 18.4. The smallest absolute Gasteiger partial charge is 0.246 e. The molecule has 1 atom stereocenters. The molecule has 0 bridgehead atoms. The van der Waals surface area contributed by atoms with E-state index in [4.69, 9.17) is 0 Å². The van der Waals surface area contributed by atoms with E-state index in [-0.39, 0.29) is 23.5 Å². The number of aryl methyl sites for hydroxylation is 1. The van der Waals surface area contributed by atoms with Crippen LogP contribution in [0.3, 0.4) is 0 Å². The molecule has 1 aliphatic heterocycles. The number of likely N-dealkylation sites (N-methyl/N-ethyl adjacent to an activating group) is 1. The second-order valence-electron chi connectivity index (χ2n) is 6.67. The number of carbonyl (C=O) groups excluding carboxylic acids is 1. The summed E-state index contributed by atoms with van der Waals surface area (Å²) in [5.41, 5.74) is 3.65. The number of aromatic nitrogens is 2. The molecule has 1 aromatic heterocycles. The number of benzene rings is 1. The molecule has 0 radical (unpaired) electrons. The first-order valence-corrected chi connectivity index (χ1v) is 10.4. The third kappa shape index (κ3) is 3.72. The molecule has 1 saturated heterocycles. The van der Waals surface area contributed by atoms with Gasteiger partial charge in [0.25, 0.3) is 0 Å². The molecule has 0 spiro atoms. The number of carbonyl (C=O) groups is 1. The van der Waals surface area contributed by atoms with Crippen molar-refractivity contribution in [2.24, 2.45) is 0 Å². The molecule has 26 heavy (non-hydrogen) atoms. The van der Waals surface area contributed by atoms with E-state index < -0.39 is 9.84 Å². The zero-order valence-electron chi connectivity index (χ0n) is 15.2. The molecule has 1 aromatic carbocycles. The van der Waals surface area contributed by atoms with E-state index in [2.05, 4.69) is 5.10 Å². The minimum Gasteiger partial charge on any atom is -0.338 e. The Morgan fingerprint density at radius 3 is 2.58 bits per heavy atom. The molecule has 1 amide bonds. The van der Waals surface area contributed by atoms with Crippen molar-refractivity contribution in [3.63, 3.8) is 0 Å². The largest absolute Gasteiger partial charge is 0.338 e. The normalized spacial score (nSPS) is 19.1. The Bertz CT molecular complexity index is 946. The summed E-state index contributed by atoms with van der Waals surface area (Å²) in [7, 11) is -1.36. The average molecular weight is 373 g/mol. The lowest BCUT2D eigenvalue weighted by molar-refractivity contribution is -0.126. The maximum Gasteiger partial charge on any atom is 0.246 e. The van der Waals surface area contributed by atoms with Crippen LogP contribution in [0, 0.1) is 13.8 Å². The van der Waals surface area contributed by atoms with Crippen LogP contribution in [-0.4, -0.2) is 53.6 Å². The molecule has 3 rings (SSSR count). The second kappa shape index (κ2) is 7.07. The number of para-hydroxylation sites is 1. The Kier molecular flexibility index (Phi) is 5.00. The lowest BCUT2D eigenvalue weighted by atomic mass is 10.1. The molecule has 2 aromatic rings. The molecule has 138 valence electrons. The first-order chi connectivity index (χ1) is 12.3. The van der Waals surface area contributed by atoms with Crippen molar-refractivity contribution >= 4 is 21.8 Å². The Morgan fingerprint density at radius 1 is 1.27 bits per heavy atom. The summed E-state index contributed by atoms with van der Waals surface area (Å²) in [4.78, 5) is 14.0. The van der Waals surface area contributed by atoms with Crippen LogP contribution in [0.5, 0.6) is 0 Å². The predicted octanol–water partition coefficient (Wildman–Crippen LogP) is 2.15. The molecule has 1 fully saturated rings. The number of amides is 1. The summed E-state index contributed by atoms with van der Waals surface area (Å²) in [6.45, 7) is 3.87. The van der Waals surface area contributed by atoms with Gasteiger partial charge >= 0.3 is 0 Å². The van der Waals surface area contributed by atoms with Gasteiger partial charge in [-0.05, 0) is 38.5 Å². The van der Waals surface area contributed by atoms with Gasteiger partial charge in [0.15, 0.2) is 9.84 Å². The fourth-order valence-corrected chi connectivity index (χ4v) is 5.02. The molecule has 1 aliphatic rings. The van der Waals surface area contributed by atoms with Crippen molar-refractivity contribution in [1.29, 1.82) is 0 Å². The number of sulfone groups is 1.